The first-order valence-corrected chi connectivity index (χ1v) is 13.6. The number of carbonyl (C=O) groups excluding carboxylic acids is 1. The molecule has 0 unspecified atom stereocenters. The Labute approximate surface area is 212 Å². The van der Waals surface area contributed by atoms with Gasteiger partial charge in [0.15, 0.2) is 0 Å². The Balaban J connectivity index is 1.47. The highest BCUT2D eigenvalue weighted by Gasteiger charge is 2.28. The Morgan fingerprint density at radius 2 is 1.60 bits per heavy atom. The minimum atomic E-state index is -4.01. The second-order valence-corrected chi connectivity index (χ2v) is 11.0. The summed E-state index contributed by atoms with van der Waals surface area (Å²) in [5, 5.41) is 3.10. The third-order valence-corrected chi connectivity index (χ3v) is 8.26. The third-order valence-electron chi connectivity index (χ3n) is 6.16. The molecular formula is C27H30ClN3O3S. The molecule has 4 rings (SSSR count). The van der Waals surface area contributed by atoms with Crippen molar-refractivity contribution in [3.8, 4) is 0 Å². The smallest absolute Gasteiger partial charge is 0.264 e. The molecule has 8 heteroatoms. The molecule has 0 saturated carbocycles. The lowest BCUT2D eigenvalue weighted by Crippen LogP contribution is -2.40. The van der Waals surface area contributed by atoms with Crippen LogP contribution in [0.2, 0.25) is 5.02 Å². The van der Waals surface area contributed by atoms with Crippen LogP contribution in [0.3, 0.4) is 0 Å². The van der Waals surface area contributed by atoms with Crippen molar-refractivity contribution in [1.82, 2.24) is 5.32 Å². The molecule has 0 aliphatic carbocycles. The second kappa shape index (κ2) is 11.1. The number of hydrogen-bond donors (Lipinski definition) is 1. The molecule has 0 atom stereocenters. The lowest BCUT2D eigenvalue weighted by atomic mass is 10.1. The van der Waals surface area contributed by atoms with E-state index in [1.807, 2.05) is 19.1 Å². The van der Waals surface area contributed by atoms with E-state index in [-0.39, 0.29) is 22.2 Å². The number of para-hydroxylation sites is 1. The number of halogens is 1. The summed E-state index contributed by atoms with van der Waals surface area (Å²) < 4.78 is 28.0. The third kappa shape index (κ3) is 6.16. The van der Waals surface area contributed by atoms with Gasteiger partial charge in [-0.05, 0) is 68.1 Å². The summed E-state index contributed by atoms with van der Waals surface area (Å²) in [4.78, 5) is 15.4. The first-order chi connectivity index (χ1) is 16.8. The van der Waals surface area contributed by atoms with Gasteiger partial charge in [0.2, 0.25) is 5.91 Å². The summed E-state index contributed by atoms with van der Waals surface area (Å²) in [5.74, 6) is -0.416. The van der Waals surface area contributed by atoms with E-state index in [1.165, 1.54) is 37.1 Å². The highest BCUT2D eigenvalue weighted by atomic mass is 35.5. The standard InChI is InChI=1S/C27H30ClN3O3S/c1-21-9-15-24(16-10-21)35(33,34)31(26-8-4-3-7-25(26)28)20-27(32)29-19-22-11-13-23(14-12-22)30-17-5-2-6-18-30/h3-4,7-16H,2,5-6,17-20H2,1H3,(H,29,32). The molecule has 1 fully saturated rings. The molecule has 6 nitrogen and oxygen atoms in total. The van der Waals surface area contributed by atoms with Crippen molar-refractivity contribution in [3.05, 3.63) is 88.9 Å². The van der Waals surface area contributed by atoms with Gasteiger partial charge in [-0.15, -0.1) is 0 Å². The van der Waals surface area contributed by atoms with Gasteiger partial charge in [-0.1, -0.05) is 53.6 Å². The zero-order valence-corrected chi connectivity index (χ0v) is 21.4. The Kier molecular flexibility index (Phi) is 7.98. The molecule has 1 aliphatic heterocycles. The van der Waals surface area contributed by atoms with Crippen LogP contribution in [-0.4, -0.2) is 34.0 Å². The Bertz CT molecular complexity index is 1260. The number of amides is 1. The van der Waals surface area contributed by atoms with Crippen LogP contribution in [0.1, 0.15) is 30.4 Å². The Hall–Kier alpha value is -3.03. The van der Waals surface area contributed by atoms with Crippen molar-refractivity contribution in [2.45, 2.75) is 37.6 Å². The van der Waals surface area contributed by atoms with E-state index in [9.17, 15) is 13.2 Å². The van der Waals surface area contributed by atoms with Gasteiger partial charge in [0, 0.05) is 25.3 Å². The number of benzene rings is 3. The van der Waals surface area contributed by atoms with Gasteiger partial charge in [0.05, 0.1) is 15.6 Å². The molecular weight excluding hydrogens is 482 g/mol. The molecule has 35 heavy (non-hydrogen) atoms. The van der Waals surface area contributed by atoms with E-state index in [2.05, 4.69) is 22.3 Å². The fourth-order valence-electron chi connectivity index (χ4n) is 4.15. The summed E-state index contributed by atoms with van der Waals surface area (Å²) in [7, 11) is -4.01. The summed E-state index contributed by atoms with van der Waals surface area (Å²) >= 11 is 6.33. The molecule has 0 aromatic heterocycles. The number of hydrogen-bond acceptors (Lipinski definition) is 4. The van der Waals surface area contributed by atoms with E-state index in [4.69, 9.17) is 11.6 Å². The van der Waals surface area contributed by atoms with Crippen LogP contribution in [0.4, 0.5) is 11.4 Å². The molecule has 1 aliphatic rings. The fourth-order valence-corrected chi connectivity index (χ4v) is 5.88. The quantitative estimate of drug-likeness (QED) is 0.454. The minimum Gasteiger partial charge on any atom is -0.372 e. The van der Waals surface area contributed by atoms with E-state index >= 15 is 0 Å². The van der Waals surface area contributed by atoms with Gasteiger partial charge in [-0.3, -0.25) is 9.10 Å². The number of piperidine rings is 1. The first kappa shape index (κ1) is 25.1. The minimum absolute atomic E-state index is 0.101. The van der Waals surface area contributed by atoms with Gasteiger partial charge in [0.25, 0.3) is 10.0 Å². The molecule has 3 aromatic carbocycles. The number of anilines is 2. The maximum atomic E-state index is 13.5. The Morgan fingerprint density at radius 3 is 2.26 bits per heavy atom. The lowest BCUT2D eigenvalue weighted by molar-refractivity contribution is -0.119. The van der Waals surface area contributed by atoms with Crippen molar-refractivity contribution < 1.29 is 13.2 Å². The van der Waals surface area contributed by atoms with Gasteiger partial charge in [-0.25, -0.2) is 8.42 Å². The number of nitrogens with one attached hydrogen (secondary N) is 1. The van der Waals surface area contributed by atoms with E-state index in [0.717, 1.165) is 28.5 Å². The molecule has 0 spiro atoms. The lowest BCUT2D eigenvalue weighted by Gasteiger charge is -2.28. The number of rotatable bonds is 8. The molecule has 1 N–H and O–H groups in total. The van der Waals surface area contributed by atoms with Crippen LogP contribution < -0.4 is 14.5 Å². The summed E-state index contributed by atoms with van der Waals surface area (Å²) in [6.45, 7) is 3.95. The predicted octanol–water partition coefficient (Wildman–Crippen LogP) is 5.15. The number of aryl methyl sites for hydroxylation is 1. The zero-order chi connectivity index (χ0) is 24.8. The monoisotopic (exact) mass is 511 g/mol. The van der Waals surface area contributed by atoms with Crippen molar-refractivity contribution >= 4 is 38.9 Å². The predicted molar refractivity (Wildman–Crippen MR) is 142 cm³/mol. The summed E-state index contributed by atoms with van der Waals surface area (Å²) in [6.07, 6.45) is 3.71. The number of carbonyl (C=O) groups is 1. The topological polar surface area (TPSA) is 69.7 Å². The van der Waals surface area contributed by atoms with Crippen LogP contribution in [0.15, 0.2) is 77.7 Å². The van der Waals surface area contributed by atoms with Crippen LogP contribution >= 0.6 is 11.6 Å². The molecule has 1 amide bonds. The van der Waals surface area contributed by atoms with Crippen molar-refractivity contribution in [2.75, 3.05) is 28.8 Å². The van der Waals surface area contributed by atoms with Gasteiger partial charge < -0.3 is 10.2 Å². The normalized spacial score (nSPS) is 13.9. The fraction of sp³-hybridized carbons (Fsp3) is 0.296. The molecule has 1 heterocycles. The van der Waals surface area contributed by atoms with Crippen LogP contribution in [0.25, 0.3) is 0 Å². The second-order valence-electron chi connectivity index (χ2n) is 8.77. The largest absolute Gasteiger partial charge is 0.372 e. The van der Waals surface area contributed by atoms with Gasteiger partial charge in [-0.2, -0.15) is 0 Å². The van der Waals surface area contributed by atoms with E-state index in [1.54, 1.807) is 36.4 Å². The highest BCUT2D eigenvalue weighted by molar-refractivity contribution is 7.92. The van der Waals surface area contributed by atoms with Crippen LogP contribution in [0, 0.1) is 6.92 Å². The number of nitrogens with zero attached hydrogens (tertiary/aromatic N) is 2. The molecule has 0 bridgehead atoms. The Morgan fingerprint density at radius 1 is 0.943 bits per heavy atom. The maximum absolute atomic E-state index is 13.5. The maximum Gasteiger partial charge on any atom is 0.264 e. The highest BCUT2D eigenvalue weighted by Crippen LogP contribution is 2.30. The van der Waals surface area contributed by atoms with Gasteiger partial charge >= 0.3 is 0 Å². The molecule has 184 valence electrons. The number of sulfonamides is 1. The van der Waals surface area contributed by atoms with Gasteiger partial charge in [0.1, 0.15) is 6.54 Å². The van der Waals surface area contributed by atoms with E-state index < -0.39 is 15.9 Å². The average molecular weight is 512 g/mol. The molecule has 1 saturated heterocycles. The summed E-state index contributed by atoms with van der Waals surface area (Å²) in [6, 6.07) is 21.3. The van der Waals surface area contributed by atoms with Crippen molar-refractivity contribution in [2.24, 2.45) is 0 Å². The van der Waals surface area contributed by atoms with Crippen molar-refractivity contribution in [1.29, 1.82) is 0 Å². The molecule has 3 aromatic rings. The van der Waals surface area contributed by atoms with Crippen LogP contribution in [-0.2, 0) is 21.4 Å². The SMILES string of the molecule is Cc1ccc(S(=O)(=O)N(CC(=O)NCc2ccc(N3CCCCC3)cc2)c2ccccc2Cl)cc1. The first-order valence-electron chi connectivity index (χ1n) is 11.8. The summed E-state index contributed by atoms with van der Waals surface area (Å²) in [5.41, 5.74) is 3.34. The van der Waals surface area contributed by atoms with E-state index in [0.29, 0.717) is 6.54 Å². The zero-order valence-electron chi connectivity index (χ0n) is 19.8. The van der Waals surface area contributed by atoms with Crippen LogP contribution in [0.5, 0.6) is 0 Å². The average Bonchev–Trinajstić information content (AvgIpc) is 2.87. The molecule has 0 radical (unpaired) electrons. The van der Waals surface area contributed by atoms with Crippen molar-refractivity contribution in [3.63, 3.8) is 0 Å².